The summed E-state index contributed by atoms with van der Waals surface area (Å²) in [7, 11) is 4.30. The van der Waals surface area contributed by atoms with Crippen molar-refractivity contribution in [1.29, 1.82) is 0 Å². The number of halogens is 1. The van der Waals surface area contributed by atoms with Crippen molar-refractivity contribution < 1.29 is 28.2 Å². The first-order valence-corrected chi connectivity index (χ1v) is 8.85. The van der Waals surface area contributed by atoms with Crippen LogP contribution in [0.5, 0.6) is 0 Å². The second-order valence-corrected chi connectivity index (χ2v) is 6.11. The molecule has 2 rings (SSSR count). The molecule has 0 heterocycles. The molecule has 2 aromatic rings. The Bertz CT molecular complexity index is 891. The minimum absolute atomic E-state index is 0.106. The number of hydrogen-bond donors (Lipinski definition) is 0. The van der Waals surface area contributed by atoms with Crippen LogP contribution in [0.4, 0.5) is 4.39 Å². The number of oxime groups is 1. The lowest BCUT2D eigenvalue weighted by Gasteiger charge is -2.14. The van der Waals surface area contributed by atoms with Crippen molar-refractivity contribution in [2.45, 2.75) is 13.5 Å². The molecule has 0 radical (unpaired) electrons. The van der Waals surface area contributed by atoms with Crippen molar-refractivity contribution in [1.82, 2.24) is 0 Å². The SMILES string of the molecule is CO/C=C(/C(=O)OC)c1cccc(C)c1CO/N=C(\COC)c1ccc(F)cc1. The minimum Gasteiger partial charge on any atom is -0.503 e. The molecule has 0 bridgehead atoms. The highest BCUT2D eigenvalue weighted by molar-refractivity contribution is 6.16. The molecular formula is C22H24FNO5. The molecule has 7 heteroatoms. The van der Waals surface area contributed by atoms with Gasteiger partial charge in [0.05, 0.1) is 27.1 Å². The Hall–Kier alpha value is -3.19. The van der Waals surface area contributed by atoms with Crippen LogP contribution in [0.1, 0.15) is 22.3 Å². The van der Waals surface area contributed by atoms with Crippen LogP contribution in [0.25, 0.3) is 5.57 Å². The van der Waals surface area contributed by atoms with Crippen molar-refractivity contribution >= 4 is 17.3 Å². The van der Waals surface area contributed by atoms with Crippen LogP contribution in [0.15, 0.2) is 53.9 Å². The van der Waals surface area contributed by atoms with Crippen molar-refractivity contribution in [3.05, 3.63) is 76.8 Å². The largest absolute Gasteiger partial charge is 0.503 e. The van der Waals surface area contributed by atoms with E-state index in [1.54, 1.807) is 18.2 Å². The first kappa shape index (κ1) is 22.1. The molecule has 0 aliphatic rings. The topological polar surface area (TPSA) is 66.4 Å². The molecule has 29 heavy (non-hydrogen) atoms. The molecule has 0 saturated carbocycles. The normalized spacial score (nSPS) is 11.9. The molecule has 0 unspecified atom stereocenters. The molecule has 0 aromatic heterocycles. The number of aryl methyl sites for hydroxylation is 1. The fraction of sp³-hybridized carbons (Fsp3) is 0.273. The average molecular weight is 401 g/mol. The molecule has 2 aromatic carbocycles. The third kappa shape index (κ3) is 5.89. The zero-order valence-electron chi connectivity index (χ0n) is 16.9. The highest BCUT2D eigenvalue weighted by Crippen LogP contribution is 2.24. The zero-order chi connectivity index (χ0) is 21.2. The summed E-state index contributed by atoms with van der Waals surface area (Å²) < 4.78 is 28.2. The quantitative estimate of drug-likeness (QED) is 0.210. The first-order chi connectivity index (χ1) is 14.0. The number of benzene rings is 2. The van der Waals surface area contributed by atoms with Crippen molar-refractivity contribution in [3.63, 3.8) is 0 Å². The highest BCUT2D eigenvalue weighted by Gasteiger charge is 2.18. The third-order valence-corrected chi connectivity index (χ3v) is 4.18. The average Bonchev–Trinajstić information content (AvgIpc) is 2.72. The maximum absolute atomic E-state index is 13.2. The number of nitrogens with zero attached hydrogens (tertiary/aromatic N) is 1. The van der Waals surface area contributed by atoms with Gasteiger partial charge in [-0.05, 0) is 30.2 Å². The van der Waals surface area contributed by atoms with Gasteiger partial charge in [-0.3, -0.25) is 0 Å². The van der Waals surface area contributed by atoms with Crippen molar-refractivity contribution in [3.8, 4) is 0 Å². The van der Waals surface area contributed by atoms with Gasteiger partial charge in [-0.2, -0.15) is 0 Å². The molecule has 0 N–H and O–H groups in total. The number of ether oxygens (including phenoxy) is 3. The van der Waals surface area contributed by atoms with Crippen molar-refractivity contribution in [2.75, 3.05) is 27.9 Å². The van der Waals surface area contributed by atoms with E-state index >= 15 is 0 Å². The molecule has 154 valence electrons. The summed E-state index contributed by atoms with van der Waals surface area (Å²) in [6, 6.07) is 11.4. The van der Waals surface area contributed by atoms with Gasteiger partial charge in [0.1, 0.15) is 23.7 Å². The summed E-state index contributed by atoms with van der Waals surface area (Å²) in [5.41, 5.74) is 3.79. The van der Waals surface area contributed by atoms with Gasteiger partial charge in [-0.15, -0.1) is 0 Å². The van der Waals surface area contributed by atoms with Gasteiger partial charge in [0, 0.05) is 18.2 Å². The van der Waals surface area contributed by atoms with E-state index < -0.39 is 5.97 Å². The summed E-state index contributed by atoms with van der Waals surface area (Å²) in [6.45, 7) is 2.21. The number of carbonyl (C=O) groups excluding carboxylic acids is 1. The van der Waals surface area contributed by atoms with E-state index in [0.717, 1.165) is 11.1 Å². The summed E-state index contributed by atoms with van der Waals surface area (Å²) in [4.78, 5) is 17.7. The van der Waals surface area contributed by atoms with Gasteiger partial charge >= 0.3 is 5.97 Å². The van der Waals surface area contributed by atoms with E-state index in [1.807, 2.05) is 19.1 Å². The van der Waals surface area contributed by atoms with Gasteiger partial charge in [-0.1, -0.05) is 35.5 Å². The van der Waals surface area contributed by atoms with E-state index in [1.165, 1.54) is 39.7 Å². The number of rotatable bonds is 9. The monoisotopic (exact) mass is 401 g/mol. The summed E-state index contributed by atoms with van der Waals surface area (Å²) in [5.74, 6) is -0.857. The molecule has 0 aliphatic carbocycles. The number of hydrogen-bond acceptors (Lipinski definition) is 6. The number of methoxy groups -OCH3 is 3. The Balaban J connectivity index is 2.31. The van der Waals surface area contributed by atoms with Crippen LogP contribution < -0.4 is 0 Å². The van der Waals surface area contributed by atoms with E-state index in [0.29, 0.717) is 16.8 Å². The third-order valence-electron chi connectivity index (χ3n) is 4.18. The van der Waals surface area contributed by atoms with Gasteiger partial charge < -0.3 is 19.0 Å². The lowest BCUT2D eigenvalue weighted by atomic mass is 9.97. The molecule has 0 spiro atoms. The fourth-order valence-electron chi connectivity index (χ4n) is 2.71. The highest BCUT2D eigenvalue weighted by atomic mass is 19.1. The van der Waals surface area contributed by atoms with Crippen LogP contribution in [0, 0.1) is 12.7 Å². The number of carbonyl (C=O) groups is 1. The molecule has 0 atom stereocenters. The predicted molar refractivity (Wildman–Crippen MR) is 108 cm³/mol. The molecular weight excluding hydrogens is 377 g/mol. The van der Waals surface area contributed by atoms with E-state index in [9.17, 15) is 9.18 Å². The summed E-state index contributed by atoms with van der Waals surface area (Å²) in [6.07, 6.45) is 1.34. The fourth-order valence-corrected chi connectivity index (χ4v) is 2.71. The Morgan fingerprint density at radius 3 is 2.45 bits per heavy atom. The maximum Gasteiger partial charge on any atom is 0.341 e. The Morgan fingerprint density at radius 2 is 1.83 bits per heavy atom. The predicted octanol–water partition coefficient (Wildman–Crippen LogP) is 3.86. The smallest absolute Gasteiger partial charge is 0.341 e. The van der Waals surface area contributed by atoms with Gasteiger partial charge in [0.2, 0.25) is 0 Å². The van der Waals surface area contributed by atoms with Crippen LogP contribution >= 0.6 is 0 Å². The first-order valence-electron chi connectivity index (χ1n) is 8.85. The second kappa shape index (κ2) is 11.0. The molecule has 0 aliphatic heterocycles. The van der Waals surface area contributed by atoms with Gasteiger partial charge in [0.15, 0.2) is 0 Å². The second-order valence-electron chi connectivity index (χ2n) is 6.11. The van der Waals surface area contributed by atoms with E-state index in [-0.39, 0.29) is 24.6 Å². The van der Waals surface area contributed by atoms with Crippen LogP contribution in [0.3, 0.4) is 0 Å². The van der Waals surface area contributed by atoms with E-state index in [2.05, 4.69) is 5.16 Å². The Kier molecular flexibility index (Phi) is 8.36. The van der Waals surface area contributed by atoms with Crippen LogP contribution in [0.2, 0.25) is 0 Å². The number of esters is 1. The van der Waals surface area contributed by atoms with Crippen LogP contribution in [-0.2, 0) is 30.4 Å². The van der Waals surface area contributed by atoms with Gasteiger partial charge in [-0.25, -0.2) is 9.18 Å². The zero-order valence-corrected chi connectivity index (χ0v) is 16.9. The lowest BCUT2D eigenvalue weighted by molar-refractivity contribution is -0.133. The lowest BCUT2D eigenvalue weighted by Crippen LogP contribution is -2.11. The minimum atomic E-state index is -0.520. The summed E-state index contributed by atoms with van der Waals surface area (Å²) in [5, 5.41) is 4.16. The van der Waals surface area contributed by atoms with Gasteiger partial charge in [0.25, 0.3) is 0 Å². The van der Waals surface area contributed by atoms with Crippen LogP contribution in [-0.4, -0.2) is 39.6 Å². The Labute approximate surface area is 169 Å². The molecule has 0 saturated heterocycles. The standard InChI is InChI=1S/C22H24FNO5/c1-15-6-5-7-18(20(12-26-2)22(25)28-4)19(15)13-29-24-21(14-27-3)16-8-10-17(23)11-9-16/h5-12H,13-14H2,1-4H3/b20-12+,24-21+. The summed E-state index contributed by atoms with van der Waals surface area (Å²) >= 11 is 0. The molecule has 0 fully saturated rings. The molecule has 0 amide bonds. The Morgan fingerprint density at radius 1 is 1.10 bits per heavy atom. The van der Waals surface area contributed by atoms with E-state index in [4.69, 9.17) is 19.0 Å². The van der Waals surface area contributed by atoms with Crippen molar-refractivity contribution in [2.24, 2.45) is 5.16 Å². The molecule has 6 nitrogen and oxygen atoms in total. The maximum atomic E-state index is 13.2.